The van der Waals surface area contributed by atoms with Gasteiger partial charge in [-0.1, -0.05) is 59.6 Å². The van der Waals surface area contributed by atoms with Crippen LogP contribution in [0.3, 0.4) is 0 Å². The first-order chi connectivity index (χ1) is 7.29. The highest BCUT2D eigenvalue weighted by molar-refractivity contribution is 5.50. The highest BCUT2D eigenvalue weighted by Crippen LogP contribution is 2.46. The molecule has 1 atom stereocenters. The van der Waals surface area contributed by atoms with Crippen molar-refractivity contribution in [2.24, 2.45) is 23.7 Å². The molecule has 0 aromatic rings. The molecule has 0 aromatic carbocycles. The molecule has 0 saturated heterocycles. The van der Waals surface area contributed by atoms with Crippen LogP contribution in [-0.4, -0.2) is 0 Å². The zero-order valence-corrected chi connectivity index (χ0v) is 12.3. The summed E-state index contributed by atoms with van der Waals surface area (Å²) in [5, 5.41) is 0. The van der Waals surface area contributed by atoms with Gasteiger partial charge in [-0.15, -0.1) is 0 Å². The Labute approximate surface area is 102 Å². The summed E-state index contributed by atoms with van der Waals surface area (Å²) in [7, 11) is 0. The summed E-state index contributed by atoms with van der Waals surface area (Å²) < 4.78 is 0. The molecule has 0 radical (unpaired) electrons. The predicted octanol–water partition coefficient (Wildman–Crippen LogP) is 5.22. The van der Waals surface area contributed by atoms with Gasteiger partial charge >= 0.3 is 0 Å². The average molecular weight is 220 g/mol. The van der Waals surface area contributed by atoms with Crippen LogP contribution in [0.5, 0.6) is 0 Å². The maximum atomic E-state index is 2.39. The maximum absolute atomic E-state index is 2.39. The van der Waals surface area contributed by atoms with Crippen molar-refractivity contribution in [1.82, 2.24) is 0 Å². The Hall–Kier alpha value is -0.520. The van der Waals surface area contributed by atoms with Crippen molar-refractivity contribution in [3.8, 4) is 0 Å². The lowest BCUT2D eigenvalue weighted by Gasteiger charge is -2.21. The number of hydrogen-bond donors (Lipinski definition) is 0. The van der Waals surface area contributed by atoms with Gasteiger partial charge in [0.2, 0.25) is 0 Å². The molecule has 1 rings (SSSR count). The molecule has 0 N–H and O–H groups in total. The minimum absolute atomic E-state index is 0.663. The summed E-state index contributed by atoms with van der Waals surface area (Å²) in [6, 6.07) is 0. The molecular weight excluding hydrogens is 192 g/mol. The van der Waals surface area contributed by atoms with E-state index in [1.54, 1.807) is 22.3 Å². The second-order valence-corrected chi connectivity index (χ2v) is 6.14. The summed E-state index contributed by atoms with van der Waals surface area (Å²) in [5.41, 5.74) is 6.59. The monoisotopic (exact) mass is 220 g/mol. The Morgan fingerprint density at radius 2 is 1.19 bits per heavy atom. The van der Waals surface area contributed by atoms with Crippen molar-refractivity contribution < 1.29 is 0 Å². The summed E-state index contributed by atoms with van der Waals surface area (Å²) in [6.45, 7) is 18.7. The van der Waals surface area contributed by atoms with Gasteiger partial charge in [0.05, 0.1) is 0 Å². The second kappa shape index (κ2) is 4.77. The van der Waals surface area contributed by atoms with Crippen molar-refractivity contribution in [1.29, 1.82) is 0 Å². The highest BCUT2D eigenvalue weighted by Gasteiger charge is 2.32. The molecule has 0 amide bonds. The minimum atomic E-state index is 0.663. The number of hydrogen-bond acceptors (Lipinski definition) is 0. The van der Waals surface area contributed by atoms with Crippen molar-refractivity contribution in [2.45, 2.75) is 55.4 Å². The molecule has 16 heavy (non-hydrogen) atoms. The van der Waals surface area contributed by atoms with Crippen LogP contribution in [0, 0.1) is 23.7 Å². The molecule has 0 aromatic heterocycles. The summed E-state index contributed by atoms with van der Waals surface area (Å²) in [6.07, 6.45) is 0. The van der Waals surface area contributed by atoms with Gasteiger partial charge in [-0.05, 0) is 41.7 Å². The Balaban J connectivity index is 3.29. The summed E-state index contributed by atoms with van der Waals surface area (Å²) in [4.78, 5) is 0. The average Bonchev–Trinajstić information content (AvgIpc) is 2.36. The molecule has 0 nitrogen and oxygen atoms in total. The third kappa shape index (κ3) is 2.12. The summed E-state index contributed by atoms with van der Waals surface area (Å²) >= 11 is 0. The van der Waals surface area contributed by atoms with Gasteiger partial charge in [0.25, 0.3) is 0 Å². The van der Waals surface area contributed by atoms with E-state index in [0.29, 0.717) is 23.7 Å². The van der Waals surface area contributed by atoms with Crippen molar-refractivity contribution >= 4 is 0 Å². The van der Waals surface area contributed by atoms with Gasteiger partial charge in [0.15, 0.2) is 0 Å². The van der Waals surface area contributed by atoms with Gasteiger partial charge in [-0.2, -0.15) is 0 Å². The van der Waals surface area contributed by atoms with E-state index in [1.807, 2.05) is 0 Å². The second-order valence-electron chi connectivity index (χ2n) is 6.14. The van der Waals surface area contributed by atoms with Crippen LogP contribution in [0.25, 0.3) is 0 Å². The lowest BCUT2D eigenvalue weighted by atomic mass is 9.84. The number of rotatable bonds is 3. The van der Waals surface area contributed by atoms with Crippen LogP contribution in [0.1, 0.15) is 55.4 Å². The molecule has 0 aliphatic heterocycles. The van der Waals surface area contributed by atoms with E-state index in [2.05, 4.69) is 55.4 Å². The highest BCUT2D eigenvalue weighted by atomic mass is 14.4. The Morgan fingerprint density at radius 3 is 1.44 bits per heavy atom. The smallest absolute Gasteiger partial charge is 0.000444 e. The van der Waals surface area contributed by atoms with E-state index in [-0.39, 0.29) is 0 Å². The fraction of sp³-hybridized carbons (Fsp3) is 0.750. The molecule has 0 fully saturated rings. The van der Waals surface area contributed by atoms with Crippen molar-refractivity contribution in [3.63, 3.8) is 0 Å². The van der Waals surface area contributed by atoms with E-state index >= 15 is 0 Å². The standard InChI is InChI=1S/C16H28/c1-9(2)14-12(7)15(10(3)4)16(11(5)6)13(14)8/h9-12H,1-8H3. The van der Waals surface area contributed by atoms with E-state index in [4.69, 9.17) is 0 Å². The normalized spacial score (nSPS) is 22.3. The van der Waals surface area contributed by atoms with Crippen LogP contribution in [0.15, 0.2) is 22.3 Å². The largest absolute Gasteiger partial charge is 0.0590 e. The van der Waals surface area contributed by atoms with E-state index in [0.717, 1.165) is 0 Å². The van der Waals surface area contributed by atoms with Crippen LogP contribution in [0.2, 0.25) is 0 Å². The first-order valence-electron chi connectivity index (χ1n) is 6.73. The Morgan fingerprint density at radius 1 is 0.750 bits per heavy atom. The first-order valence-corrected chi connectivity index (χ1v) is 6.73. The maximum Gasteiger partial charge on any atom is -0.000444 e. The number of allylic oxidation sites excluding steroid dienone is 4. The third-order valence-electron chi connectivity index (χ3n) is 3.90. The molecule has 1 aliphatic carbocycles. The van der Waals surface area contributed by atoms with Crippen LogP contribution in [-0.2, 0) is 0 Å². The molecule has 0 spiro atoms. The molecule has 0 saturated carbocycles. The van der Waals surface area contributed by atoms with Gasteiger partial charge in [-0.3, -0.25) is 0 Å². The van der Waals surface area contributed by atoms with Crippen molar-refractivity contribution in [2.75, 3.05) is 0 Å². The molecule has 0 bridgehead atoms. The lowest BCUT2D eigenvalue weighted by molar-refractivity contribution is 0.587. The van der Waals surface area contributed by atoms with E-state index < -0.39 is 0 Å². The quantitative estimate of drug-likeness (QED) is 0.612. The summed E-state index contributed by atoms with van der Waals surface area (Å²) in [5.74, 6) is 2.69. The van der Waals surface area contributed by atoms with Crippen LogP contribution < -0.4 is 0 Å². The minimum Gasteiger partial charge on any atom is -0.0590 e. The zero-order valence-electron chi connectivity index (χ0n) is 12.3. The first kappa shape index (κ1) is 13.5. The molecule has 92 valence electrons. The van der Waals surface area contributed by atoms with E-state index in [1.165, 1.54) is 0 Å². The molecule has 1 unspecified atom stereocenters. The van der Waals surface area contributed by atoms with Crippen LogP contribution in [0.4, 0.5) is 0 Å². The van der Waals surface area contributed by atoms with Crippen LogP contribution >= 0.6 is 0 Å². The molecular formula is C16H28. The van der Waals surface area contributed by atoms with E-state index in [9.17, 15) is 0 Å². The molecule has 0 heterocycles. The third-order valence-corrected chi connectivity index (χ3v) is 3.90. The molecule has 1 aliphatic rings. The van der Waals surface area contributed by atoms with Crippen molar-refractivity contribution in [3.05, 3.63) is 22.3 Å². The van der Waals surface area contributed by atoms with Gasteiger partial charge in [0.1, 0.15) is 0 Å². The SMILES string of the molecule is CC1=C(C(C)C)C(C)C(C(C)C)=C1C(C)C. The topological polar surface area (TPSA) is 0 Å². The zero-order chi connectivity index (χ0) is 12.6. The van der Waals surface area contributed by atoms with Gasteiger partial charge in [-0.25, -0.2) is 0 Å². The van der Waals surface area contributed by atoms with Gasteiger partial charge < -0.3 is 0 Å². The predicted molar refractivity (Wildman–Crippen MR) is 73.4 cm³/mol. The van der Waals surface area contributed by atoms with Gasteiger partial charge in [0, 0.05) is 0 Å². The molecule has 0 heteroatoms. The Kier molecular flexibility index (Phi) is 4.04. The lowest BCUT2D eigenvalue weighted by Crippen LogP contribution is -2.09. The Bertz CT molecular complexity index is 324. The fourth-order valence-electron chi connectivity index (χ4n) is 3.61. The fourth-order valence-corrected chi connectivity index (χ4v) is 3.61.